The van der Waals surface area contributed by atoms with Gasteiger partial charge in [0.25, 0.3) is 0 Å². The lowest BCUT2D eigenvalue weighted by atomic mass is 10.2. The molecule has 4 aromatic rings. The fourth-order valence-electron chi connectivity index (χ4n) is 3.28. The highest BCUT2D eigenvalue weighted by Crippen LogP contribution is 2.21. The van der Waals surface area contributed by atoms with Gasteiger partial charge in [-0.05, 0) is 48.4 Å². The third-order valence-electron chi connectivity index (χ3n) is 4.96. The quantitative estimate of drug-likeness (QED) is 0.403. The third-order valence-corrected chi connectivity index (χ3v) is 4.96. The van der Waals surface area contributed by atoms with Crippen LogP contribution in [-0.4, -0.2) is 44.7 Å². The van der Waals surface area contributed by atoms with Crippen LogP contribution < -0.4 is 10.6 Å². The number of hydrogen-bond acceptors (Lipinski definition) is 6. The van der Waals surface area contributed by atoms with Crippen molar-refractivity contribution in [2.75, 3.05) is 11.9 Å². The van der Waals surface area contributed by atoms with Crippen molar-refractivity contribution in [3.63, 3.8) is 0 Å². The Morgan fingerprint density at radius 2 is 1.88 bits per heavy atom. The highest BCUT2D eigenvalue weighted by Gasteiger charge is 2.21. The first-order chi connectivity index (χ1) is 16.0. The van der Waals surface area contributed by atoms with Crippen LogP contribution in [0.25, 0.3) is 16.7 Å². The summed E-state index contributed by atoms with van der Waals surface area (Å²) in [6.07, 6.45) is -0.801. The van der Waals surface area contributed by atoms with Gasteiger partial charge in [0.05, 0.1) is 17.8 Å². The number of carbonyl (C=O) groups is 2. The minimum atomic E-state index is -1.18. The Bertz CT molecular complexity index is 1270. The van der Waals surface area contributed by atoms with Crippen LogP contribution in [0.5, 0.6) is 0 Å². The zero-order chi connectivity index (χ0) is 23.2. The van der Waals surface area contributed by atoms with Gasteiger partial charge >= 0.3 is 6.09 Å². The van der Waals surface area contributed by atoms with E-state index in [0.717, 1.165) is 16.8 Å². The summed E-state index contributed by atoms with van der Waals surface area (Å²) in [4.78, 5) is 24.7. The van der Waals surface area contributed by atoms with Crippen LogP contribution in [0.3, 0.4) is 0 Å². The van der Waals surface area contributed by atoms with Crippen molar-refractivity contribution in [3.8, 4) is 5.69 Å². The molecule has 2 amide bonds. The van der Waals surface area contributed by atoms with E-state index < -0.39 is 24.6 Å². The fourth-order valence-corrected chi connectivity index (χ4v) is 3.28. The van der Waals surface area contributed by atoms with Gasteiger partial charge in [0.2, 0.25) is 5.91 Å². The van der Waals surface area contributed by atoms with E-state index in [2.05, 4.69) is 20.9 Å². The highest BCUT2D eigenvalue weighted by atomic mass is 16.5. The van der Waals surface area contributed by atoms with E-state index in [-0.39, 0.29) is 6.61 Å². The van der Waals surface area contributed by atoms with E-state index in [1.807, 2.05) is 61.5 Å². The summed E-state index contributed by atoms with van der Waals surface area (Å²) in [5.41, 5.74) is 4.57. The van der Waals surface area contributed by atoms with Crippen molar-refractivity contribution < 1.29 is 19.4 Å². The van der Waals surface area contributed by atoms with Crippen LogP contribution in [0.2, 0.25) is 0 Å². The van der Waals surface area contributed by atoms with Crippen LogP contribution in [0.15, 0.2) is 72.8 Å². The first-order valence-electron chi connectivity index (χ1n) is 10.3. The second-order valence-corrected chi connectivity index (χ2v) is 7.47. The number of aryl methyl sites for hydroxylation is 1. The lowest BCUT2D eigenvalue weighted by Gasteiger charge is -2.16. The molecule has 3 N–H and O–H groups in total. The number of aliphatic hydroxyl groups excluding tert-OH is 1. The topological polar surface area (TPSA) is 118 Å². The average molecular weight is 445 g/mol. The molecule has 0 bridgehead atoms. The SMILES string of the molecule is Cc1cccc(-n2nnc3ccc(NC(=O)[C@H](CO)NC(=O)OCc4ccccc4)cc32)c1. The predicted octanol–water partition coefficient (Wildman–Crippen LogP) is 2.95. The molecule has 168 valence electrons. The molecular formula is C24H23N5O4. The van der Waals surface area contributed by atoms with E-state index in [1.54, 1.807) is 22.9 Å². The second kappa shape index (κ2) is 9.92. The normalized spacial score (nSPS) is 11.7. The standard InChI is InChI=1S/C24H23N5O4/c1-16-6-5-9-19(12-16)29-22-13-18(10-11-20(22)27-28-29)25-23(31)21(14-30)26-24(32)33-15-17-7-3-2-4-8-17/h2-13,21,30H,14-15H2,1H3,(H,25,31)(H,26,32)/t21-/m0/s1. The molecule has 0 fully saturated rings. The summed E-state index contributed by atoms with van der Waals surface area (Å²) in [5, 5.41) is 23.1. The number of alkyl carbamates (subject to hydrolysis) is 1. The number of carbonyl (C=O) groups excluding carboxylic acids is 2. The van der Waals surface area contributed by atoms with Gasteiger partial charge in [-0.2, -0.15) is 0 Å². The van der Waals surface area contributed by atoms with E-state index in [0.29, 0.717) is 16.7 Å². The first kappa shape index (κ1) is 22.0. The summed E-state index contributed by atoms with van der Waals surface area (Å²) in [5.74, 6) is -0.580. The van der Waals surface area contributed by atoms with Gasteiger partial charge in [-0.25, -0.2) is 9.48 Å². The van der Waals surface area contributed by atoms with Gasteiger partial charge in [-0.3, -0.25) is 4.79 Å². The van der Waals surface area contributed by atoms with Crippen LogP contribution in [0, 0.1) is 6.92 Å². The van der Waals surface area contributed by atoms with Gasteiger partial charge in [-0.15, -0.1) is 5.10 Å². The Hall–Kier alpha value is -4.24. The van der Waals surface area contributed by atoms with Gasteiger partial charge in [0.15, 0.2) is 0 Å². The number of rotatable bonds is 7. The summed E-state index contributed by atoms with van der Waals surface area (Å²) in [6.45, 7) is 1.46. The van der Waals surface area contributed by atoms with Gasteiger partial charge in [0.1, 0.15) is 18.2 Å². The molecule has 33 heavy (non-hydrogen) atoms. The fraction of sp³-hybridized carbons (Fsp3) is 0.167. The molecule has 0 saturated carbocycles. The van der Waals surface area contributed by atoms with Crippen LogP contribution in [0.1, 0.15) is 11.1 Å². The molecule has 1 heterocycles. The molecule has 0 aliphatic carbocycles. The number of nitrogens with zero attached hydrogens (tertiary/aromatic N) is 3. The minimum absolute atomic E-state index is 0.0546. The molecule has 3 aromatic carbocycles. The molecule has 9 heteroatoms. The lowest BCUT2D eigenvalue weighted by molar-refractivity contribution is -0.118. The number of aliphatic hydroxyl groups is 1. The maximum Gasteiger partial charge on any atom is 0.408 e. The summed E-state index contributed by atoms with van der Waals surface area (Å²) in [7, 11) is 0. The van der Waals surface area contributed by atoms with Crippen LogP contribution >= 0.6 is 0 Å². The Labute approximate surface area is 190 Å². The van der Waals surface area contributed by atoms with Gasteiger partial charge in [-0.1, -0.05) is 47.7 Å². The number of benzene rings is 3. The average Bonchev–Trinajstić information content (AvgIpc) is 3.25. The van der Waals surface area contributed by atoms with Gasteiger partial charge < -0.3 is 20.5 Å². The molecule has 0 aliphatic rings. The minimum Gasteiger partial charge on any atom is -0.445 e. The number of fused-ring (bicyclic) bond motifs is 1. The van der Waals surface area contributed by atoms with Crippen molar-refractivity contribution in [2.24, 2.45) is 0 Å². The van der Waals surface area contributed by atoms with Gasteiger partial charge in [0, 0.05) is 5.69 Å². The Morgan fingerprint density at radius 1 is 1.06 bits per heavy atom. The molecular weight excluding hydrogens is 422 g/mol. The second-order valence-electron chi connectivity index (χ2n) is 7.47. The molecule has 0 saturated heterocycles. The monoisotopic (exact) mass is 445 g/mol. The Kier molecular flexibility index (Phi) is 6.61. The maximum absolute atomic E-state index is 12.6. The predicted molar refractivity (Wildman–Crippen MR) is 123 cm³/mol. The lowest BCUT2D eigenvalue weighted by Crippen LogP contribution is -2.46. The molecule has 1 aromatic heterocycles. The molecule has 0 unspecified atom stereocenters. The molecule has 0 aliphatic heterocycles. The Balaban J connectivity index is 1.43. The van der Waals surface area contributed by atoms with Crippen LogP contribution in [-0.2, 0) is 16.1 Å². The van der Waals surface area contributed by atoms with Crippen molar-refractivity contribution >= 4 is 28.7 Å². The van der Waals surface area contributed by atoms with E-state index in [9.17, 15) is 14.7 Å². The summed E-state index contributed by atoms with van der Waals surface area (Å²) in [6, 6.07) is 20.9. The van der Waals surface area contributed by atoms with Crippen molar-refractivity contribution in [2.45, 2.75) is 19.6 Å². The smallest absolute Gasteiger partial charge is 0.408 e. The number of nitrogens with one attached hydrogen (secondary N) is 2. The summed E-state index contributed by atoms with van der Waals surface area (Å²) >= 11 is 0. The zero-order valence-corrected chi connectivity index (χ0v) is 17.9. The van der Waals surface area contributed by atoms with Crippen molar-refractivity contribution in [3.05, 3.63) is 83.9 Å². The van der Waals surface area contributed by atoms with E-state index >= 15 is 0 Å². The summed E-state index contributed by atoms with van der Waals surface area (Å²) < 4.78 is 6.80. The highest BCUT2D eigenvalue weighted by molar-refractivity contribution is 5.98. The third kappa shape index (κ3) is 5.34. The van der Waals surface area contributed by atoms with Crippen LogP contribution in [0.4, 0.5) is 10.5 Å². The van der Waals surface area contributed by atoms with E-state index in [1.165, 1.54) is 0 Å². The molecule has 0 spiro atoms. The zero-order valence-electron chi connectivity index (χ0n) is 17.9. The molecule has 0 radical (unpaired) electrons. The molecule has 1 atom stereocenters. The largest absolute Gasteiger partial charge is 0.445 e. The molecule has 4 rings (SSSR count). The number of anilines is 1. The first-order valence-corrected chi connectivity index (χ1v) is 10.3. The number of aromatic nitrogens is 3. The maximum atomic E-state index is 12.6. The number of amides is 2. The van der Waals surface area contributed by atoms with Crippen molar-refractivity contribution in [1.29, 1.82) is 0 Å². The van der Waals surface area contributed by atoms with Crippen molar-refractivity contribution in [1.82, 2.24) is 20.3 Å². The Morgan fingerprint density at radius 3 is 2.64 bits per heavy atom. The number of ether oxygens (including phenoxy) is 1. The molecule has 9 nitrogen and oxygen atoms in total. The number of hydrogen-bond donors (Lipinski definition) is 3. The van der Waals surface area contributed by atoms with E-state index in [4.69, 9.17) is 4.74 Å².